The molecule has 1 unspecified atom stereocenters. The van der Waals surface area contributed by atoms with Crippen LogP contribution in [0.4, 0.5) is 0 Å². The number of thiophene rings is 1. The molecule has 0 radical (unpaired) electrons. The molecule has 0 aliphatic rings. The van der Waals surface area contributed by atoms with Crippen molar-refractivity contribution in [2.75, 3.05) is 6.54 Å². The number of carbonyl (C=O) groups is 1. The maximum atomic E-state index is 12.0. The summed E-state index contributed by atoms with van der Waals surface area (Å²) in [7, 11) is 1.52. The number of hydrogen-bond donors (Lipinski definition) is 1. The zero-order valence-corrected chi connectivity index (χ0v) is 13.7. The van der Waals surface area contributed by atoms with Crippen molar-refractivity contribution in [1.29, 1.82) is 0 Å². The van der Waals surface area contributed by atoms with E-state index in [9.17, 15) is 13.2 Å². The SMILES string of the molecule is Cc1c(C(=O)NCC(C)C(C)C)csc1S(=O)(=O)Cl. The Morgan fingerprint density at radius 3 is 2.42 bits per heavy atom. The number of carbonyl (C=O) groups excluding carboxylic acids is 1. The standard InChI is InChI=1S/C12H18ClNO3S2/c1-7(2)8(3)5-14-11(15)10-6-18-12(9(10)4)19(13,16)17/h6-8H,5H2,1-4H3,(H,14,15). The molecule has 0 saturated heterocycles. The van der Waals surface area contributed by atoms with Gasteiger partial charge in [-0.15, -0.1) is 11.3 Å². The van der Waals surface area contributed by atoms with Gasteiger partial charge in [-0.2, -0.15) is 0 Å². The lowest BCUT2D eigenvalue weighted by atomic mass is 9.98. The Bertz CT molecular complexity index is 564. The van der Waals surface area contributed by atoms with Crippen LogP contribution in [-0.2, 0) is 9.05 Å². The van der Waals surface area contributed by atoms with Crippen molar-refractivity contribution in [2.45, 2.75) is 31.9 Å². The molecule has 1 atom stereocenters. The zero-order valence-electron chi connectivity index (χ0n) is 11.4. The first-order valence-electron chi connectivity index (χ1n) is 5.95. The quantitative estimate of drug-likeness (QED) is 0.847. The highest BCUT2D eigenvalue weighted by molar-refractivity contribution is 8.15. The summed E-state index contributed by atoms with van der Waals surface area (Å²) in [5, 5.41) is 4.34. The van der Waals surface area contributed by atoms with Crippen molar-refractivity contribution in [3.63, 3.8) is 0 Å². The van der Waals surface area contributed by atoms with Crippen molar-refractivity contribution in [2.24, 2.45) is 11.8 Å². The van der Waals surface area contributed by atoms with Gasteiger partial charge in [-0.25, -0.2) is 8.42 Å². The Morgan fingerprint density at radius 1 is 1.42 bits per heavy atom. The largest absolute Gasteiger partial charge is 0.352 e. The predicted octanol–water partition coefficient (Wildman–Crippen LogP) is 3.01. The fraction of sp³-hybridized carbons (Fsp3) is 0.583. The van der Waals surface area contributed by atoms with Crippen LogP contribution in [0.5, 0.6) is 0 Å². The van der Waals surface area contributed by atoms with Crippen LogP contribution < -0.4 is 5.32 Å². The first-order valence-corrected chi connectivity index (χ1v) is 9.14. The predicted molar refractivity (Wildman–Crippen MR) is 78.4 cm³/mol. The second-order valence-corrected chi connectivity index (χ2v) is 8.57. The molecule has 19 heavy (non-hydrogen) atoms. The van der Waals surface area contributed by atoms with Gasteiger partial charge in [-0.3, -0.25) is 4.79 Å². The van der Waals surface area contributed by atoms with Crippen LogP contribution in [-0.4, -0.2) is 20.9 Å². The van der Waals surface area contributed by atoms with Crippen LogP contribution in [0.25, 0.3) is 0 Å². The smallest absolute Gasteiger partial charge is 0.271 e. The molecule has 1 heterocycles. The van der Waals surface area contributed by atoms with E-state index in [0.29, 0.717) is 29.5 Å². The third-order valence-corrected chi connectivity index (χ3v) is 6.49. The van der Waals surface area contributed by atoms with Gasteiger partial charge in [0.05, 0.1) is 5.56 Å². The van der Waals surface area contributed by atoms with E-state index >= 15 is 0 Å². The molecule has 0 aliphatic heterocycles. The Kier molecular flexibility index (Phi) is 5.41. The van der Waals surface area contributed by atoms with E-state index in [1.807, 2.05) is 0 Å². The lowest BCUT2D eigenvalue weighted by Gasteiger charge is -2.15. The second kappa shape index (κ2) is 6.24. The molecule has 1 aromatic rings. The Morgan fingerprint density at radius 2 is 2.00 bits per heavy atom. The summed E-state index contributed by atoms with van der Waals surface area (Å²) in [5.74, 6) is 0.578. The van der Waals surface area contributed by atoms with Crippen molar-refractivity contribution < 1.29 is 13.2 Å². The van der Waals surface area contributed by atoms with Crippen molar-refractivity contribution in [1.82, 2.24) is 5.32 Å². The van der Waals surface area contributed by atoms with Gasteiger partial charge < -0.3 is 5.32 Å². The van der Waals surface area contributed by atoms with Crippen LogP contribution in [0.15, 0.2) is 9.59 Å². The Balaban J connectivity index is 2.82. The van der Waals surface area contributed by atoms with Gasteiger partial charge in [0, 0.05) is 22.6 Å². The Hall–Kier alpha value is -0.590. The van der Waals surface area contributed by atoms with Gasteiger partial charge in [-0.1, -0.05) is 20.8 Å². The van der Waals surface area contributed by atoms with Crippen molar-refractivity contribution >= 4 is 37.0 Å². The van der Waals surface area contributed by atoms with Crippen molar-refractivity contribution in [3.05, 3.63) is 16.5 Å². The fourth-order valence-corrected chi connectivity index (χ4v) is 4.00. The van der Waals surface area contributed by atoms with Crippen molar-refractivity contribution in [3.8, 4) is 0 Å². The Labute approximate surface area is 122 Å². The van der Waals surface area contributed by atoms with E-state index < -0.39 is 9.05 Å². The molecule has 0 fully saturated rings. The van der Waals surface area contributed by atoms with E-state index in [2.05, 4.69) is 26.1 Å². The number of rotatable bonds is 5. The van der Waals surface area contributed by atoms with E-state index in [1.54, 1.807) is 6.92 Å². The summed E-state index contributed by atoms with van der Waals surface area (Å²) in [6.45, 7) is 8.39. The molecular formula is C12H18ClNO3S2. The number of amides is 1. The molecule has 1 N–H and O–H groups in total. The molecule has 0 saturated carbocycles. The summed E-state index contributed by atoms with van der Waals surface area (Å²) in [6, 6.07) is 0. The zero-order chi connectivity index (χ0) is 14.8. The van der Waals surface area contributed by atoms with E-state index in [-0.39, 0.29) is 10.1 Å². The lowest BCUT2D eigenvalue weighted by Crippen LogP contribution is -2.30. The molecule has 0 aromatic carbocycles. The van der Waals surface area contributed by atoms with Gasteiger partial charge >= 0.3 is 0 Å². The minimum atomic E-state index is -3.78. The molecule has 108 valence electrons. The second-order valence-electron chi connectivity index (χ2n) is 4.93. The summed E-state index contributed by atoms with van der Waals surface area (Å²) >= 11 is 0.971. The monoisotopic (exact) mass is 323 g/mol. The number of halogens is 1. The van der Waals surface area contributed by atoms with Gasteiger partial charge in [0.1, 0.15) is 4.21 Å². The molecule has 1 amide bonds. The van der Waals surface area contributed by atoms with Crippen LogP contribution in [0.3, 0.4) is 0 Å². The highest BCUT2D eigenvalue weighted by Crippen LogP contribution is 2.29. The molecule has 0 bridgehead atoms. The van der Waals surface area contributed by atoms with Crippen LogP contribution >= 0.6 is 22.0 Å². The van der Waals surface area contributed by atoms with Crippen LogP contribution in [0.2, 0.25) is 0 Å². The summed E-state index contributed by atoms with van der Waals surface area (Å²) < 4.78 is 22.6. The maximum absolute atomic E-state index is 12.0. The fourth-order valence-electron chi connectivity index (χ4n) is 1.45. The van der Waals surface area contributed by atoms with Gasteiger partial charge in [0.15, 0.2) is 0 Å². The minimum Gasteiger partial charge on any atom is -0.352 e. The van der Waals surface area contributed by atoms with Gasteiger partial charge in [-0.05, 0) is 24.3 Å². The summed E-state index contributed by atoms with van der Waals surface area (Å²) in [4.78, 5) is 12.0. The first kappa shape index (κ1) is 16.5. The van der Waals surface area contributed by atoms with Gasteiger partial charge in [0.2, 0.25) is 0 Å². The third kappa shape index (κ3) is 4.19. The minimum absolute atomic E-state index is 0.0382. The summed E-state index contributed by atoms with van der Waals surface area (Å²) in [6.07, 6.45) is 0. The first-order chi connectivity index (χ1) is 8.64. The van der Waals surface area contributed by atoms with Crippen LogP contribution in [0, 0.1) is 18.8 Å². The van der Waals surface area contributed by atoms with E-state index in [4.69, 9.17) is 10.7 Å². The number of nitrogens with one attached hydrogen (secondary N) is 1. The van der Waals surface area contributed by atoms with Gasteiger partial charge in [0.25, 0.3) is 15.0 Å². The average molecular weight is 324 g/mol. The molecular weight excluding hydrogens is 306 g/mol. The summed E-state index contributed by atoms with van der Waals surface area (Å²) in [5.41, 5.74) is 0.787. The topological polar surface area (TPSA) is 63.2 Å². The molecule has 7 heteroatoms. The lowest BCUT2D eigenvalue weighted by molar-refractivity contribution is 0.0944. The maximum Gasteiger partial charge on any atom is 0.271 e. The third-order valence-electron chi connectivity index (χ3n) is 3.18. The van der Waals surface area contributed by atoms with E-state index in [1.165, 1.54) is 5.38 Å². The highest BCUT2D eigenvalue weighted by Gasteiger charge is 2.22. The number of hydrogen-bond acceptors (Lipinski definition) is 4. The normalized spacial score (nSPS) is 13.6. The molecule has 4 nitrogen and oxygen atoms in total. The van der Waals surface area contributed by atoms with E-state index in [0.717, 1.165) is 11.3 Å². The highest BCUT2D eigenvalue weighted by atomic mass is 35.7. The van der Waals surface area contributed by atoms with Crippen LogP contribution in [0.1, 0.15) is 36.7 Å². The average Bonchev–Trinajstić information content (AvgIpc) is 2.66. The molecule has 1 aromatic heterocycles. The molecule has 0 aliphatic carbocycles. The molecule has 0 spiro atoms. The molecule has 1 rings (SSSR count).